The van der Waals surface area contributed by atoms with Crippen LogP contribution in [0.2, 0.25) is 0 Å². The van der Waals surface area contributed by atoms with E-state index < -0.39 is 0 Å². The van der Waals surface area contributed by atoms with Gasteiger partial charge in [0.15, 0.2) is 11.6 Å². The molecule has 7 rings (SSSR count). The predicted molar refractivity (Wildman–Crippen MR) is 141 cm³/mol. The van der Waals surface area contributed by atoms with Gasteiger partial charge in [-0.05, 0) is 46.9 Å². The Bertz CT molecular complexity index is 1690. The molecule has 0 bridgehead atoms. The third-order valence-electron chi connectivity index (χ3n) is 6.95. The van der Waals surface area contributed by atoms with E-state index in [1.807, 2.05) is 30.3 Å². The average Bonchev–Trinajstić information content (AvgIpc) is 3.15. The summed E-state index contributed by atoms with van der Waals surface area (Å²) in [6.45, 7) is 0. The largest absolute Gasteiger partial charge is 0.309 e. The first kappa shape index (κ1) is 19.7. The van der Waals surface area contributed by atoms with Gasteiger partial charge in [0.25, 0.3) is 0 Å². The summed E-state index contributed by atoms with van der Waals surface area (Å²) in [7, 11) is 0. The van der Waals surface area contributed by atoms with Crippen molar-refractivity contribution < 1.29 is 9.59 Å². The fraction of sp³-hybridized carbons (Fsp3) is 0. The van der Waals surface area contributed by atoms with E-state index >= 15 is 0 Å². The predicted octanol–water partition coefficient (Wildman–Crippen LogP) is 7.75. The molecule has 0 amide bonds. The second kappa shape index (κ2) is 7.37. The highest BCUT2D eigenvalue weighted by Crippen LogP contribution is 2.51. The lowest BCUT2D eigenvalue weighted by Gasteiger charge is -2.33. The highest BCUT2D eigenvalue weighted by molar-refractivity contribution is 6.41. The van der Waals surface area contributed by atoms with Crippen LogP contribution in [0.1, 0.15) is 26.3 Å². The number of allylic oxidation sites excluding steroid dienone is 1. The summed E-state index contributed by atoms with van der Waals surface area (Å²) in [6, 6.07) is 36.2. The molecule has 0 unspecified atom stereocenters. The van der Waals surface area contributed by atoms with E-state index in [0.29, 0.717) is 11.1 Å². The van der Waals surface area contributed by atoms with Crippen molar-refractivity contribution in [1.82, 2.24) is 0 Å². The van der Waals surface area contributed by atoms with Crippen LogP contribution in [-0.4, -0.2) is 11.6 Å². The molecular formula is C32H19NO2. The Morgan fingerprint density at radius 2 is 1.14 bits per heavy atom. The van der Waals surface area contributed by atoms with Crippen molar-refractivity contribution in [3.8, 4) is 11.1 Å². The molecular weight excluding hydrogens is 430 g/mol. The number of fused-ring (bicyclic) bond motifs is 3. The van der Waals surface area contributed by atoms with E-state index in [0.717, 1.165) is 44.5 Å². The van der Waals surface area contributed by atoms with Gasteiger partial charge in [0.1, 0.15) is 0 Å². The molecule has 1 aliphatic heterocycles. The summed E-state index contributed by atoms with van der Waals surface area (Å²) in [6.07, 6.45) is 1.76. The lowest BCUT2D eigenvalue weighted by molar-refractivity contribution is 0.0990. The van der Waals surface area contributed by atoms with Crippen molar-refractivity contribution in [3.05, 3.63) is 131 Å². The molecule has 0 atom stereocenters. The minimum atomic E-state index is -0.206. The Morgan fingerprint density at radius 1 is 0.514 bits per heavy atom. The van der Waals surface area contributed by atoms with Crippen molar-refractivity contribution in [2.75, 3.05) is 4.90 Å². The van der Waals surface area contributed by atoms with Crippen LogP contribution >= 0.6 is 0 Å². The number of benzene rings is 5. The second-order valence-electron chi connectivity index (χ2n) is 8.85. The monoisotopic (exact) mass is 449 g/mol. The summed E-state index contributed by atoms with van der Waals surface area (Å²) in [4.78, 5) is 28.4. The second-order valence-corrected chi connectivity index (χ2v) is 8.85. The van der Waals surface area contributed by atoms with Gasteiger partial charge in [-0.3, -0.25) is 9.59 Å². The third-order valence-corrected chi connectivity index (χ3v) is 6.95. The normalized spacial score (nSPS) is 13.7. The quantitative estimate of drug-likeness (QED) is 0.200. The molecule has 0 N–H and O–H groups in total. The SMILES string of the molecule is O=C1C(=Cc2ccc3c4c(cccc24)-c2ccccc2N3c2ccccc2)C(=O)c2ccccc21. The number of carbonyl (C=O) groups excluding carboxylic acids is 2. The first-order valence-corrected chi connectivity index (χ1v) is 11.6. The topological polar surface area (TPSA) is 37.4 Å². The van der Waals surface area contributed by atoms with Crippen molar-refractivity contribution in [2.24, 2.45) is 0 Å². The van der Waals surface area contributed by atoms with Gasteiger partial charge in [-0.25, -0.2) is 0 Å². The minimum Gasteiger partial charge on any atom is -0.309 e. The molecule has 0 saturated heterocycles. The van der Waals surface area contributed by atoms with E-state index in [1.165, 1.54) is 0 Å². The van der Waals surface area contributed by atoms with E-state index in [4.69, 9.17) is 0 Å². The number of anilines is 3. The van der Waals surface area contributed by atoms with Gasteiger partial charge in [-0.1, -0.05) is 84.9 Å². The van der Waals surface area contributed by atoms with E-state index in [1.54, 1.807) is 30.3 Å². The Morgan fingerprint density at radius 3 is 1.89 bits per heavy atom. The Balaban J connectivity index is 1.49. The highest BCUT2D eigenvalue weighted by atomic mass is 16.2. The van der Waals surface area contributed by atoms with Crippen LogP contribution in [0, 0.1) is 0 Å². The molecule has 35 heavy (non-hydrogen) atoms. The molecule has 0 aromatic heterocycles. The number of carbonyl (C=O) groups is 2. The molecule has 0 radical (unpaired) electrons. The lowest BCUT2D eigenvalue weighted by Crippen LogP contribution is -2.15. The summed E-state index contributed by atoms with van der Waals surface area (Å²) >= 11 is 0. The van der Waals surface area contributed by atoms with Crippen LogP contribution in [-0.2, 0) is 0 Å². The first-order valence-electron chi connectivity index (χ1n) is 11.6. The summed E-state index contributed by atoms with van der Waals surface area (Å²) in [5.74, 6) is -0.412. The Kier molecular flexibility index (Phi) is 4.15. The number of nitrogens with zero attached hydrogens (tertiary/aromatic N) is 1. The third kappa shape index (κ3) is 2.79. The molecule has 2 aliphatic rings. The lowest BCUT2D eigenvalue weighted by atomic mass is 9.88. The van der Waals surface area contributed by atoms with Gasteiger partial charge in [-0.15, -0.1) is 0 Å². The number of hydrogen-bond donors (Lipinski definition) is 0. The molecule has 0 saturated carbocycles. The average molecular weight is 450 g/mol. The molecule has 5 aromatic rings. The molecule has 3 nitrogen and oxygen atoms in total. The number of hydrogen-bond acceptors (Lipinski definition) is 3. The smallest absolute Gasteiger partial charge is 0.197 e. The zero-order valence-electron chi connectivity index (χ0n) is 18.7. The maximum atomic E-state index is 13.1. The first-order chi connectivity index (χ1) is 17.2. The van der Waals surface area contributed by atoms with Crippen LogP contribution in [0.4, 0.5) is 17.1 Å². The van der Waals surface area contributed by atoms with Crippen molar-refractivity contribution in [2.45, 2.75) is 0 Å². The Hall–Kier alpha value is -4.76. The number of para-hydroxylation sites is 2. The van der Waals surface area contributed by atoms with Gasteiger partial charge >= 0.3 is 0 Å². The fourth-order valence-electron chi connectivity index (χ4n) is 5.39. The van der Waals surface area contributed by atoms with Crippen molar-refractivity contribution in [1.29, 1.82) is 0 Å². The van der Waals surface area contributed by atoms with Gasteiger partial charge < -0.3 is 4.90 Å². The molecule has 0 fully saturated rings. The molecule has 164 valence electrons. The van der Waals surface area contributed by atoms with Crippen LogP contribution in [0.3, 0.4) is 0 Å². The maximum Gasteiger partial charge on any atom is 0.197 e. The standard InChI is InChI=1S/C32H19NO2/c34-31-25-12-4-5-13-26(25)32(35)27(31)19-20-17-18-29-30-22(20)14-8-15-24(30)23-11-6-7-16-28(23)33(29)21-9-2-1-3-10-21/h1-19H. The van der Waals surface area contributed by atoms with Gasteiger partial charge in [0.2, 0.25) is 0 Å². The maximum absolute atomic E-state index is 13.1. The summed E-state index contributed by atoms with van der Waals surface area (Å²) in [5.41, 5.74) is 7.64. The van der Waals surface area contributed by atoms with Crippen LogP contribution < -0.4 is 4.90 Å². The van der Waals surface area contributed by atoms with Crippen molar-refractivity contribution in [3.63, 3.8) is 0 Å². The number of ketones is 2. The Labute approximate surface area is 202 Å². The number of rotatable bonds is 2. The molecule has 5 aromatic carbocycles. The highest BCUT2D eigenvalue weighted by Gasteiger charge is 2.33. The molecule has 0 spiro atoms. The van der Waals surface area contributed by atoms with E-state index in [2.05, 4.69) is 59.5 Å². The van der Waals surface area contributed by atoms with Crippen LogP contribution in [0.15, 0.2) is 115 Å². The van der Waals surface area contributed by atoms with Gasteiger partial charge in [0, 0.05) is 27.8 Å². The van der Waals surface area contributed by atoms with E-state index in [9.17, 15) is 9.59 Å². The van der Waals surface area contributed by atoms with E-state index in [-0.39, 0.29) is 17.1 Å². The zero-order chi connectivity index (χ0) is 23.5. The van der Waals surface area contributed by atoms with Gasteiger partial charge in [0.05, 0.1) is 16.9 Å². The fourth-order valence-corrected chi connectivity index (χ4v) is 5.39. The van der Waals surface area contributed by atoms with Crippen molar-refractivity contribution >= 4 is 45.5 Å². The zero-order valence-corrected chi connectivity index (χ0v) is 18.7. The van der Waals surface area contributed by atoms with Crippen LogP contribution in [0.25, 0.3) is 28.0 Å². The minimum absolute atomic E-state index is 0.206. The molecule has 3 heteroatoms. The number of Topliss-reactive ketones (excluding diaryl/α,β-unsaturated/α-hetero) is 2. The molecule has 1 heterocycles. The van der Waals surface area contributed by atoms with Crippen LogP contribution in [0.5, 0.6) is 0 Å². The summed E-state index contributed by atoms with van der Waals surface area (Å²) in [5, 5.41) is 2.12. The summed E-state index contributed by atoms with van der Waals surface area (Å²) < 4.78 is 0. The van der Waals surface area contributed by atoms with Gasteiger partial charge in [-0.2, -0.15) is 0 Å². The molecule has 1 aliphatic carbocycles.